The van der Waals surface area contributed by atoms with Gasteiger partial charge in [0.05, 0.1) is 6.42 Å². The molecule has 1 atom stereocenters. The number of urea groups is 1. The number of aromatic nitrogens is 1. The Kier molecular flexibility index (Phi) is 14.0. The summed E-state index contributed by atoms with van der Waals surface area (Å²) in [5, 5.41) is 13.3. The molecule has 254 valence electrons. The zero-order valence-electron chi connectivity index (χ0n) is 27.1. The molecule has 15 heteroatoms. The number of aryl methyl sites for hydroxylation is 1. The number of fused-ring (bicyclic) bond motifs is 1. The second-order valence-corrected chi connectivity index (χ2v) is 11.2. The minimum Gasteiger partial charge on any atom is -0.368 e. The predicted octanol–water partition coefficient (Wildman–Crippen LogP) is 1.84. The van der Waals surface area contributed by atoms with Gasteiger partial charge in [0.1, 0.15) is 6.04 Å². The second kappa shape index (κ2) is 18.1. The number of amides is 4. The molecule has 0 aliphatic heterocycles. The van der Waals surface area contributed by atoms with Crippen molar-refractivity contribution in [3.63, 3.8) is 0 Å². The molecular weight excluding hydrogens is 604 g/mol. The summed E-state index contributed by atoms with van der Waals surface area (Å²) < 4.78 is 2.18. The Morgan fingerprint density at radius 2 is 1.68 bits per heavy atom. The monoisotopic (exact) mass is 650 g/mol. The number of nitrogens with two attached hydrogens (primary N) is 3. The summed E-state index contributed by atoms with van der Waals surface area (Å²) in [7, 11) is 0. The standard InChI is InChI=1S/C32H46N10O5/c1-3-39(4-2)17-8-18-40-22-25(26-9-5-6-10-27(26)40)19-29(43)41(21-24-14-12-23(13-15-24)20-37-32(35)45)28(30(33)44)11-7-16-36-31(34)38-42(46)47/h5-6,9-10,12-15,22,28H,3-4,7-8,11,16-21H2,1-2H3,(H2,33,44)(H3,34,36,38)(H3,35,37,45)/t28-/m1/s1. The fourth-order valence-electron chi connectivity index (χ4n) is 5.50. The first kappa shape index (κ1) is 36.3. The number of hydrogen-bond acceptors (Lipinski definition) is 7. The summed E-state index contributed by atoms with van der Waals surface area (Å²) in [6, 6.07) is 13.6. The van der Waals surface area contributed by atoms with Gasteiger partial charge in [-0.25, -0.2) is 19.9 Å². The van der Waals surface area contributed by atoms with E-state index in [9.17, 15) is 24.5 Å². The number of rotatable bonds is 19. The Morgan fingerprint density at radius 3 is 2.32 bits per heavy atom. The molecule has 1 aromatic heterocycles. The lowest BCUT2D eigenvalue weighted by molar-refractivity contribution is -0.525. The van der Waals surface area contributed by atoms with Crippen LogP contribution in [0.15, 0.2) is 59.7 Å². The Balaban J connectivity index is 1.86. The van der Waals surface area contributed by atoms with Gasteiger partial charge in [-0.05, 0) is 61.7 Å². The second-order valence-electron chi connectivity index (χ2n) is 11.2. The number of carbonyl (C=O) groups is 3. The lowest BCUT2D eigenvalue weighted by Crippen LogP contribution is -2.48. The maximum atomic E-state index is 14.1. The molecule has 0 saturated carbocycles. The molecule has 0 bridgehead atoms. The normalized spacial score (nSPS) is 12.2. The Bertz CT molecular complexity index is 1530. The van der Waals surface area contributed by atoms with E-state index < -0.39 is 23.0 Å². The summed E-state index contributed by atoms with van der Waals surface area (Å²) in [6.07, 6.45) is 3.48. The number of hydrogen-bond donors (Lipinski definition) is 5. The average Bonchev–Trinajstić information content (AvgIpc) is 3.38. The van der Waals surface area contributed by atoms with Gasteiger partial charge in [0.25, 0.3) is 5.96 Å². The fourth-order valence-corrected chi connectivity index (χ4v) is 5.50. The van der Waals surface area contributed by atoms with Crippen molar-refractivity contribution in [1.82, 2.24) is 25.1 Å². The van der Waals surface area contributed by atoms with Crippen molar-refractivity contribution in [2.45, 2.75) is 65.2 Å². The van der Waals surface area contributed by atoms with Gasteiger partial charge in [0.2, 0.25) is 11.8 Å². The van der Waals surface area contributed by atoms with E-state index in [4.69, 9.17) is 17.2 Å². The van der Waals surface area contributed by atoms with Crippen LogP contribution in [0.5, 0.6) is 0 Å². The van der Waals surface area contributed by atoms with E-state index in [1.807, 2.05) is 42.6 Å². The molecular formula is C32H46N10O5. The van der Waals surface area contributed by atoms with E-state index in [-0.39, 0.29) is 44.3 Å². The van der Waals surface area contributed by atoms with Crippen LogP contribution in [-0.2, 0) is 35.6 Å². The lowest BCUT2D eigenvalue weighted by Gasteiger charge is -2.30. The molecule has 47 heavy (non-hydrogen) atoms. The van der Waals surface area contributed by atoms with Crippen molar-refractivity contribution >= 4 is 34.7 Å². The van der Waals surface area contributed by atoms with Crippen molar-refractivity contribution in [1.29, 1.82) is 0 Å². The molecule has 4 amide bonds. The highest BCUT2D eigenvalue weighted by atomic mass is 16.7. The van der Waals surface area contributed by atoms with E-state index in [1.165, 1.54) is 4.90 Å². The number of nitrogens with one attached hydrogen (secondary N) is 2. The number of benzene rings is 2. The van der Waals surface area contributed by atoms with Gasteiger partial charge in [-0.2, -0.15) is 0 Å². The van der Waals surface area contributed by atoms with Crippen LogP contribution in [0.1, 0.15) is 49.8 Å². The number of carbonyl (C=O) groups excluding carboxylic acids is 3. The number of nitrogens with zero attached hydrogens (tertiary/aromatic N) is 5. The van der Waals surface area contributed by atoms with Gasteiger partial charge in [-0.1, -0.05) is 61.7 Å². The quantitative estimate of drug-likeness (QED) is 0.0422. The number of aliphatic imine (C=N–C) groups is 1. The van der Waals surface area contributed by atoms with Gasteiger partial charge in [0, 0.05) is 43.3 Å². The van der Waals surface area contributed by atoms with Crippen LogP contribution in [0, 0.1) is 10.1 Å². The van der Waals surface area contributed by atoms with Crippen LogP contribution < -0.4 is 27.9 Å². The van der Waals surface area contributed by atoms with E-state index in [1.54, 1.807) is 17.6 Å². The molecule has 0 spiro atoms. The Labute approximate surface area is 274 Å². The molecule has 2 aromatic carbocycles. The van der Waals surface area contributed by atoms with Crippen LogP contribution in [0.2, 0.25) is 0 Å². The smallest absolute Gasteiger partial charge is 0.312 e. The molecule has 15 nitrogen and oxygen atoms in total. The number of nitro groups is 1. The van der Waals surface area contributed by atoms with Crippen LogP contribution in [0.25, 0.3) is 10.9 Å². The van der Waals surface area contributed by atoms with E-state index in [2.05, 4.69) is 33.6 Å². The summed E-state index contributed by atoms with van der Waals surface area (Å²) >= 11 is 0. The van der Waals surface area contributed by atoms with Crippen molar-refractivity contribution in [3.8, 4) is 0 Å². The van der Waals surface area contributed by atoms with Crippen LogP contribution in [-0.4, -0.2) is 75.4 Å². The highest BCUT2D eigenvalue weighted by Gasteiger charge is 2.29. The molecule has 3 rings (SSSR count). The predicted molar refractivity (Wildman–Crippen MR) is 180 cm³/mol. The molecule has 0 fully saturated rings. The Hall–Kier alpha value is -5.18. The third-order valence-corrected chi connectivity index (χ3v) is 7.97. The van der Waals surface area contributed by atoms with Crippen LogP contribution >= 0.6 is 0 Å². The minimum absolute atomic E-state index is 0.0474. The van der Waals surface area contributed by atoms with Gasteiger partial charge < -0.3 is 36.9 Å². The van der Waals surface area contributed by atoms with Crippen molar-refractivity contribution < 1.29 is 19.4 Å². The zero-order chi connectivity index (χ0) is 34.3. The zero-order valence-corrected chi connectivity index (χ0v) is 27.1. The molecule has 0 unspecified atom stereocenters. The maximum absolute atomic E-state index is 14.1. The number of para-hydroxylation sites is 1. The number of primary amides is 2. The SMILES string of the molecule is CCN(CC)CCCn1cc(CC(=O)N(Cc2ccc(CNC(N)=O)cc2)[C@H](CCCN=C(N)N[N+](=O)[O-])C(N)=O)c2ccccc21. The highest BCUT2D eigenvalue weighted by molar-refractivity contribution is 5.92. The fraction of sp³-hybridized carbons (Fsp3) is 0.438. The van der Waals surface area contributed by atoms with E-state index >= 15 is 0 Å². The first-order chi connectivity index (χ1) is 22.5. The molecule has 0 saturated heterocycles. The molecule has 0 aliphatic carbocycles. The number of hydrazine groups is 1. The first-order valence-corrected chi connectivity index (χ1v) is 15.7. The third-order valence-electron chi connectivity index (χ3n) is 7.97. The lowest BCUT2D eigenvalue weighted by atomic mass is 10.0. The summed E-state index contributed by atoms with van der Waals surface area (Å²) in [4.78, 5) is 56.4. The van der Waals surface area contributed by atoms with Crippen molar-refractivity contribution in [3.05, 3.63) is 81.5 Å². The third kappa shape index (κ3) is 11.3. The molecule has 0 aliphatic rings. The summed E-state index contributed by atoms with van der Waals surface area (Å²) in [5.41, 5.74) is 21.8. The van der Waals surface area contributed by atoms with E-state index in [0.717, 1.165) is 60.2 Å². The molecule has 8 N–H and O–H groups in total. The van der Waals surface area contributed by atoms with Gasteiger partial charge >= 0.3 is 6.03 Å². The largest absolute Gasteiger partial charge is 0.368 e. The average molecular weight is 651 g/mol. The molecule has 3 aromatic rings. The van der Waals surface area contributed by atoms with Gasteiger partial charge in [-0.3, -0.25) is 9.59 Å². The van der Waals surface area contributed by atoms with Crippen molar-refractivity contribution in [2.75, 3.05) is 26.2 Å². The Morgan fingerprint density at radius 1 is 1.00 bits per heavy atom. The molecule has 0 radical (unpaired) electrons. The van der Waals surface area contributed by atoms with Gasteiger partial charge in [-0.15, -0.1) is 0 Å². The van der Waals surface area contributed by atoms with Crippen LogP contribution in [0.3, 0.4) is 0 Å². The highest BCUT2D eigenvalue weighted by Crippen LogP contribution is 2.24. The van der Waals surface area contributed by atoms with Crippen molar-refractivity contribution in [2.24, 2.45) is 22.2 Å². The topological polar surface area (TPSA) is 220 Å². The van der Waals surface area contributed by atoms with E-state index in [0.29, 0.717) is 6.42 Å². The van der Waals surface area contributed by atoms with Gasteiger partial charge in [0.15, 0.2) is 5.03 Å². The summed E-state index contributed by atoms with van der Waals surface area (Å²) in [5.74, 6) is -1.32. The maximum Gasteiger partial charge on any atom is 0.312 e. The summed E-state index contributed by atoms with van der Waals surface area (Å²) in [6.45, 7) is 8.47. The minimum atomic E-state index is -0.971. The first-order valence-electron chi connectivity index (χ1n) is 15.7. The number of guanidine groups is 1. The molecule has 1 heterocycles. The van der Waals surface area contributed by atoms with Crippen LogP contribution in [0.4, 0.5) is 4.79 Å².